The fourth-order valence-electron chi connectivity index (χ4n) is 2.85. The van der Waals surface area contributed by atoms with E-state index < -0.39 is 24.5 Å². The van der Waals surface area contributed by atoms with Crippen molar-refractivity contribution in [3.63, 3.8) is 0 Å². The molecule has 1 aromatic heterocycles. The first-order valence-corrected chi connectivity index (χ1v) is 9.01. The topological polar surface area (TPSA) is 97.4 Å². The van der Waals surface area contributed by atoms with Crippen LogP contribution >= 0.6 is 0 Å². The second-order valence-corrected chi connectivity index (χ2v) is 6.19. The highest BCUT2D eigenvalue weighted by Gasteiger charge is 2.21. The molecule has 2 rings (SSSR count). The number of nitrogens with one attached hydrogen (secondary N) is 2. The van der Waals surface area contributed by atoms with Crippen molar-refractivity contribution in [1.29, 1.82) is 0 Å². The molecule has 0 unspecified atom stereocenters. The number of ether oxygens (including phenoxy) is 1. The average Bonchev–Trinajstić information content (AvgIpc) is 2.66. The number of hydrogen-bond acceptors (Lipinski definition) is 5. The maximum absolute atomic E-state index is 12.6. The number of carbonyl (C=O) groups is 3. The number of para-hydroxylation sites is 1. The molecule has 27 heavy (non-hydrogen) atoms. The number of pyridine rings is 1. The van der Waals surface area contributed by atoms with Crippen molar-refractivity contribution < 1.29 is 19.1 Å². The zero-order chi connectivity index (χ0) is 20.0. The van der Waals surface area contributed by atoms with Gasteiger partial charge in [-0.3, -0.25) is 14.6 Å². The van der Waals surface area contributed by atoms with Crippen molar-refractivity contribution in [3.8, 4) is 0 Å². The highest BCUT2D eigenvalue weighted by molar-refractivity contribution is 5.99. The number of amides is 2. The maximum Gasteiger partial charge on any atom is 0.340 e. The Morgan fingerprint density at radius 2 is 1.89 bits per heavy atom. The number of nitrogens with zero attached hydrogens (tertiary/aromatic N) is 1. The number of rotatable bonds is 7. The molecule has 2 aromatic rings. The van der Waals surface area contributed by atoms with Gasteiger partial charge in [0.25, 0.3) is 5.91 Å². The summed E-state index contributed by atoms with van der Waals surface area (Å²) in [6, 6.07) is 6.87. The van der Waals surface area contributed by atoms with E-state index >= 15 is 0 Å². The number of esters is 1. The molecule has 7 nitrogen and oxygen atoms in total. The molecule has 2 amide bonds. The van der Waals surface area contributed by atoms with Gasteiger partial charge in [-0.1, -0.05) is 25.1 Å². The molecule has 0 aliphatic rings. The summed E-state index contributed by atoms with van der Waals surface area (Å²) in [5.74, 6) is -1.42. The molecule has 7 heteroatoms. The van der Waals surface area contributed by atoms with Crippen LogP contribution in [0.4, 0.5) is 0 Å². The second-order valence-electron chi connectivity index (χ2n) is 6.19. The molecule has 0 aliphatic heterocycles. The van der Waals surface area contributed by atoms with E-state index in [4.69, 9.17) is 4.74 Å². The average molecular weight is 371 g/mol. The Kier molecular flexibility index (Phi) is 6.87. The van der Waals surface area contributed by atoms with E-state index in [0.717, 1.165) is 16.5 Å². The van der Waals surface area contributed by atoms with Gasteiger partial charge in [-0.05, 0) is 38.8 Å². The lowest BCUT2D eigenvalue weighted by Crippen LogP contribution is -2.46. The summed E-state index contributed by atoms with van der Waals surface area (Å²) < 4.78 is 5.18. The van der Waals surface area contributed by atoms with E-state index in [-0.39, 0.29) is 5.91 Å². The van der Waals surface area contributed by atoms with Crippen LogP contribution in [0.25, 0.3) is 10.9 Å². The highest BCUT2D eigenvalue weighted by atomic mass is 16.5. The first-order chi connectivity index (χ1) is 12.9. The maximum atomic E-state index is 12.6. The summed E-state index contributed by atoms with van der Waals surface area (Å²) in [7, 11) is 0. The zero-order valence-corrected chi connectivity index (χ0v) is 16.1. The standard InChI is InChI=1S/C20H25N3O4/c1-5-15-18(12(3)14-9-7-8-10-16(14)23-15)20(26)27-11-17(24)22-13(4)19(25)21-6-2/h7-10,13H,5-6,11H2,1-4H3,(H,21,25)(H,22,24)/t13-/m0/s1. The Morgan fingerprint density at radius 1 is 1.19 bits per heavy atom. The molecule has 0 saturated carbocycles. The van der Waals surface area contributed by atoms with Crippen molar-refractivity contribution in [1.82, 2.24) is 15.6 Å². The summed E-state index contributed by atoms with van der Waals surface area (Å²) in [6.07, 6.45) is 0.566. The zero-order valence-electron chi connectivity index (χ0n) is 16.1. The van der Waals surface area contributed by atoms with Crippen LogP contribution in [-0.2, 0) is 20.7 Å². The molecule has 0 spiro atoms. The van der Waals surface area contributed by atoms with Gasteiger partial charge in [0.05, 0.1) is 16.8 Å². The lowest BCUT2D eigenvalue weighted by Gasteiger charge is -2.15. The Balaban J connectivity index is 2.11. The van der Waals surface area contributed by atoms with Gasteiger partial charge in [-0.25, -0.2) is 4.79 Å². The van der Waals surface area contributed by atoms with Crippen molar-refractivity contribution >= 4 is 28.7 Å². The molecular formula is C20H25N3O4. The number of hydrogen-bond donors (Lipinski definition) is 2. The van der Waals surface area contributed by atoms with Crippen molar-refractivity contribution in [2.75, 3.05) is 13.2 Å². The molecular weight excluding hydrogens is 346 g/mol. The van der Waals surface area contributed by atoms with Crippen LogP contribution in [0.5, 0.6) is 0 Å². The number of benzene rings is 1. The number of carbonyl (C=O) groups excluding carboxylic acids is 3. The molecule has 1 heterocycles. The summed E-state index contributed by atoms with van der Waals surface area (Å²) in [5.41, 5.74) is 2.61. The fourth-order valence-corrected chi connectivity index (χ4v) is 2.85. The Hall–Kier alpha value is -2.96. The van der Waals surface area contributed by atoms with Crippen molar-refractivity contribution in [2.45, 2.75) is 40.2 Å². The normalized spacial score (nSPS) is 11.7. The minimum absolute atomic E-state index is 0.292. The number of fused-ring (bicyclic) bond motifs is 1. The van der Waals surface area contributed by atoms with E-state index in [1.165, 1.54) is 0 Å². The van der Waals surface area contributed by atoms with Crippen LogP contribution in [-0.4, -0.2) is 42.0 Å². The van der Waals surface area contributed by atoms with Crippen LogP contribution in [0.1, 0.15) is 42.4 Å². The predicted octanol–water partition coefficient (Wildman–Crippen LogP) is 1.90. The number of aryl methyl sites for hydroxylation is 2. The van der Waals surface area contributed by atoms with Crippen LogP contribution in [0, 0.1) is 6.92 Å². The van der Waals surface area contributed by atoms with Crippen LogP contribution < -0.4 is 10.6 Å². The van der Waals surface area contributed by atoms with Gasteiger partial charge in [0.2, 0.25) is 5.91 Å². The summed E-state index contributed by atoms with van der Waals surface area (Å²) >= 11 is 0. The van der Waals surface area contributed by atoms with Crippen molar-refractivity contribution in [2.24, 2.45) is 0 Å². The number of likely N-dealkylation sites (N-methyl/N-ethyl adjacent to an activating group) is 1. The van der Waals surface area contributed by atoms with Gasteiger partial charge >= 0.3 is 5.97 Å². The molecule has 0 aliphatic carbocycles. The Bertz CT molecular complexity index is 864. The molecule has 0 fully saturated rings. The van der Waals surface area contributed by atoms with Gasteiger partial charge in [0.1, 0.15) is 6.04 Å². The molecule has 0 saturated heterocycles. The van der Waals surface area contributed by atoms with Gasteiger partial charge in [-0.2, -0.15) is 0 Å². The van der Waals surface area contributed by atoms with Crippen LogP contribution in [0.2, 0.25) is 0 Å². The third-order valence-corrected chi connectivity index (χ3v) is 4.22. The van der Waals surface area contributed by atoms with Gasteiger partial charge in [-0.15, -0.1) is 0 Å². The molecule has 144 valence electrons. The fraction of sp³-hybridized carbons (Fsp3) is 0.400. The Morgan fingerprint density at radius 3 is 2.56 bits per heavy atom. The summed E-state index contributed by atoms with van der Waals surface area (Å²) in [5, 5.41) is 5.98. The largest absolute Gasteiger partial charge is 0.452 e. The SMILES string of the molecule is CCNC(=O)[C@H](C)NC(=O)COC(=O)c1c(CC)nc2ccccc2c1C. The lowest BCUT2D eigenvalue weighted by atomic mass is 10.0. The minimum Gasteiger partial charge on any atom is -0.452 e. The summed E-state index contributed by atoms with van der Waals surface area (Å²) in [4.78, 5) is 40.7. The smallest absolute Gasteiger partial charge is 0.340 e. The van der Waals surface area contributed by atoms with Gasteiger partial charge in [0.15, 0.2) is 6.61 Å². The van der Waals surface area contributed by atoms with Gasteiger partial charge in [0, 0.05) is 11.9 Å². The molecule has 1 aromatic carbocycles. The van der Waals surface area contributed by atoms with Gasteiger partial charge < -0.3 is 15.4 Å². The van der Waals surface area contributed by atoms with E-state index in [1.807, 2.05) is 38.1 Å². The quantitative estimate of drug-likeness (QED) is 0.725. The molecule has 0 radical (unpaired) electrons. The van der Waals surface area contributed by atoms with Crippen LogP contribution in [0.3, 0.4) is 0 Å². The molecule has 1 atom stereocenters. The third-order valence-electron chi connectivity index (χ3n) is 4.22. The van der Waals surface area contributed by atoms with Crippen molar-refractivity contribution in [3.05, 3.63) is 41.1 Å². The van der Waals surface area contributed by atoms with E-state index in [2.05, 4.69) is 15.6 Å². The summed E-state index contributed by atoms with van der Waals surface area (Å²) in [6.45, 7) is 7.13. The minimum atomic E-state index is -0.702. The lowest BCUT2D eigenvalue weighted by molar-refractivity contribution is -0.130. The first kappa shape index (κ1) is 20.4. The molecule has 2 N–H and O–H groups in total. The van der Waals surface area contributed by atoms with E-state index in [9.17, 15) is 14.4 Å². The third kappa shape index (κ3) is 4.81. The van der Waals surface area contributed by atoms with Crippen LogP contribution in [0.15, 0.2) is 24.3 Å². The monoisotopic (exact) mass is 371 g/mol. The Labute approximate surface area is 158 Å². The number of aromatic nitrogens is 1. The second kappa shape index (κ2) is 9.12. The van der Waals surface area contributed by atoms with E-state index in [1.54, 1.807) is 13.8 Å². The van der Waals surface area contributed by atoms with E-state index in [0.29, 0.717) is 24.2 Å². The molecule has 0 bridgehead atoms. The first-order valence-electron chi connectivity index (χ1n) is 9.01. The highest BCUT2D eigenvalue weighted by Crippen LogP contribution is 2.24. The predicted molar refractivity (Wildman–Crippen MR) is 102 cm³/mol.